The molecule has 2 aromatic rings. The molecular weight excluding hydrogens is 336 g/mol. The van der Waals surface area contributed by atoms with E-state index >= 15 is 0 Å². The second-order valence-corrected chi connectivity index (χ2v) is 8.49. The summed E-state index contributed by atoms with van der Waals surface area (Å²) in [6.07, 6.45) is 1.66. The van der Waals surface area contributed by atoms with Crippen molar-refractivity contribution in [2.45, 2.75) is 37.5 Å². The minimum Gasteiger partial charge on any atom is -0.311 e. The monoisotopic (exact) mass is 356 g/mol. The third-order valence-corrected chi connectivity index (χ3v) is 6.37. The van der Waals surface area contributed by atoms with Gasteiger partial charge in [-0.15, -0.1) is 0 Å². The van der Waals surface area contributed by atoms with Gasteiger partial charge in [-0.25, -0.2) is 8.42 Å². The number of nitrogens with one attached hydrogen (secondary N) is 1. The lowest BCUT2D eigenvalue weighted by Gasteiger charge is -2.26. The van der Waals surface area contributed by atoms with Crippen molar-refractivity contribution < 1.29 is 13.2 Å². The molecule has 1 atom stereocenters. The molecule has 0 radical (unpaired) electrons. The molecule has 6 heteroatoms. The fourth-order valence-corrected chi connectivity index (χ4v) is 4.80. The molecular formula is C19H20N2O3S. The van der Waals surface area contributed by atoms with Gasteiger partial charge in [0.25, 0.3) is 10.0 Å². The van der Waals surface area contributed by atoms with Crippen LogP contribution in [-0.4, -0.2) is 20.9 Å². The fraction of sp³-hybridized carbons (Fsp3) is 0.316. The molecule has 4 rings (SSSR count). The first-order chi connectivity index (χ1) is 11.9. The molecule has 2 aromatic carbocycles. The zero-order valence-electron chi connectivity index (χ0n) is 14.2. The van der Waals surface area contributed by atoms with Crippen LogP contribution in [0.3, 0.4) is 0 Å². The second kappa shape index (κ2) is 5.59. The maximum absolute atomic E-state index is 12.8. The topological polar surface area (TPSA) is 66.5 Å². The van der Waals surface area contributed by atoms with E-state index in [0.717, 1.165) is 41.8 Å². The zero-order chi connectivity index (χ0) is 17.8. The summed E-state index contributed by atoms with van der Waals surface area (Å²) >= 11 is 0. The lowest BCUT2D eigenvalue weighted by molar-refractivity contribution is -0.119. The Morgan fingerprint density at radius 2 is 1.88 bits per heavy atom. The minimum atomic E-state index is -3.69. The molecule has 0 aliphatic carbocycles. The van der Waals surface area contributed by atoms with E-state index in [1.165, 1.54) is 0 Å². The Kier molecular flexibility index (Phi) is 3.61. The van der Waals surface area contributed by atoms with Crippen molar-refractivity contribution >= 4 is 27.3 Å². The van der Waals surface area contributed by atoms with Gasteiger partial charge < -0.3 is 4.90 Å². The summed E-state index contributed by atoms with van der Waals surface area (Å²) in [4.78, 5) is 14.5. The molecule has 0 saturated heterocycles. The zero-order valence-corrected chi connectivity index (χ0v) is 15.1. The summed E-state index contributed by atoms with van der Waals surface area (Å²) < 4.78 is 28.3. The van der Waals surface area contributed by atoms with Crippen molar-refractivity contribution in [1.82, 2.24) is 0 Å². The molecule has 25 heavy (non-hydrogen) atoms. The van der Waals surface area contributed by atoms with Gasteiger partial charge in [0, 0.05) is 12.2 Å². The molecule has 2 heterocycles. The average Bonchev–Trinajstić information content (AvgIpc) is 2.84. The van der Waals surface area contributed by atoms with E-state index < -0.39 is 10.0 Å². The largest absolute Gasteiger partial charge is 0.311 e. The maximum atomic E-state index is 12.8. The Balaban J connectivity index is 1.76. The van der Waals surface area contributed by atoms with Crippen molar-refractivity contribution in [3.8, 4) is 0 Å². The molecule has 5 nitrogen and oxygen atoms in total. The van der Waals surface area contributed by atoms with Crippen LogP contribution in [-0.2, 0) is 21.2 Å². The first-order valence-corrected chi connectivity index (χ1v) is 9.93. The van der Waals surface area contributed by atoms with Gasteiger partial charge in [-0.1, -0.05) is 17.7 Å². The number of benzene rings is 2. The molecule has 2 aliphatic rings. The summed E-state index contributed by atoms with van der Waals surface area (Å²) in [5, 5.41) is 0. The summed E-state index contributed by atoms with van der Waals surface area (Å²) in [5.74, 6) is -0.224. The molecule has 1 amide bonds. The van der Waals surface area contributed by atoms with Gasteiger partial charge in [-0.2, -0.15) is 0 Å². The quantitative estimate of drug-likeness (QED) is 0.918. The van der Waals surface area contributed by atoms with E-state index in [1.807, 2.05) is 30.9 Å². The number of aryl methyl sites for hydroxylation is 2. The molecule has 1 N–H and O–H groups in total. The van der Waals surface area contributed by atoms with E-state index in [1.54, 1.807) is 24.3 Å². The molecule has 0 fully saturated rings. The highest BCUT2D eigenvalue weighted by Crippen LogP contribution is 2.44. The molecule has 0 aromatic heterocycles. The maximum Gasteiger partial charge on any atom is 0.261 e. The number of hydrogen-bond acceptors (Lipinski definition) is 3. The third kappa shape index (κ3) is 2.61. The van der Waals surface area contributed by atoms with E-state index in [0.29, 0.717) is 5.69 Å². The highest BCUT2D eigenvalue weighted by atomic mass is 32.2. The summed E-state index contributed by atoms with van der Waals surface area (Å²) in [6, 6.07) is 10.6. The number of sulfonamides is 1. The van der Waals surface area contributed by atoms with Gasteiger partial charge in [-0.05, 0) is 62.1 Å². The van der Waals surface area contributed by atoms with Crippen molar-refractivity contribution in [1.29, 1.82) is 0 Å². The van der Waals surface area contributed by atoms with Crippen LogP contribution in [0.25, 0.3) is 0 Å². The van der Waals surface area contributed by atoms with Crippen LogP contribution >= 0.6 is 0 Å². The SMILES string of the molecule is Cc1ccc(NS(=O)(=O)c2cc3c4c(c2)[C@@H](C)C(=O)N4CCC3)cc1. The van der Waals surface area contributed by atoms with Crippen LogP contribution < -0.4 is 9.62 Å². The van der Waals surface area contributed by atoms with Gasteiger partial charge in [0.1, 0.15) is 0 Å². The Bertz CT molecular complexity index is 965. The van der Waals surface area contributed by atoms with Crippen molar-refractivity contribution in [2.24, 2.45) is 0 Å². The molecule has 0 unspecified atom stereocenters. The first kappa shape index (κ1) is 16.1. The summed E-state index contributed by atoms with van der Waals surface area (Å²) in [7, 11) is -3.69. The normalized spacial score (nSPS) is 19.0. The molecule has 130 valence electrons. The summed E-state index contributed by atoms with van der Waals surface area (Å²) in [5.41, 5.74) is 4.30. The van der Waals surface area contributed by atoms with Gasteiger partial charge in [0.15, 0.2) is 0 Å². The van der Waals surface area contributed by atoms with E-state index in [4.69, 9.17) is 0 Å². The van der Waals surface area contributed by atoms with Gasteiger partial charge >= 0.3 is 0 Å². The number of amides is 1. The number of anilines is 2. The number of carbonyl (C=O) groups excluding carboxylic acids is 1. The van der Waals surface area contributed by atoms with Crippen molar-refractivity contribution in [3.05, 3.63) is 53.1 Å². The Morgan fingerprint density at radius 1 is 1.16 bits per heavy atom. The van der Waals surface area contributed by atoms with E-state index in [-0.39, 0.29) is 16.7 Å². The highest BCUT2D eigenvalue weighted by molar-refractivity contribution is 7.92. The van der Waals surface area contributed by atoms with Crippen LogP contribution in [0.15, 0.2) is 41.3 Å². The highest BCUT2D eigenvalue weighted by Gasteiger charge is 2.38. The Hall–Kier alpha value is -2.34. The predicted octanol–water partition coefficient (Wildman–Crippen LogP) is 3.19. The Morgan fingerprint density at radius 3 is 2.60 bits per heavy atom. The number of hydrogen-bond donors (Lipinski definition) is 1. The molecule has 0 saturated carbocycles. The molecule has 2 aliphatic heterocycles. The standard InChI is InChI=1S/C19H20N2O3S/c1-12-5-7-15(8-6-12)20-25(23,24)16-10-14-4-3-9-21-18(14)17(11-16)13(2)19(21)22/h5-8,10-11,13,20H,3-4,9H2,1-2H3/t13-/m1/s1. The summed E-state index contributed by atoms with van der Waals surface area (Å²) in [6.45, 7) is 4.52. The molecule has 0 spiro atoms. The Labute approximate surface area is 147 Å². The third-order valence-electron chi connectivity index (χ3n) is 5.01. The number of nitrogens with zero attached hydrogens (tertiary/aromatic N) is 1. The van der Waals surface area contributed by atoms with Gasteiger partial charge in [0.05, 0.1) is 16.5 Å². The average molecular weight is 356 g/mol. The van der Waals surface area contributed by atoms with Crippen LogP contribution in [0.2, 0.25) is 0 Å². The van der Waals surface area contributed by atoms with Crippen molar-refractivity contribution in [3.63, 3.8) is 0 Å². The predicted molar refractivity (Wildman–Crippen MR) is 97.5 cm³/mol. The smallest absolute Gasteiger partial charge is 0.261 e. The molecule has 0 bridgehead atoms. The number of carbonyl (C=O) groups is 1. The van der Waals surface area contributed by atoms with Crippen LogP contribution in [0.1, 0.15) is 36.0 Å². The lowest BCUT2D eigenvalue weighted by Crippen LogP contribution is -2.32. The first-order valence-electron chi connectivity index (χ1n) is 8.44. The van der Waals surface area contributed by atoms with Crippen LogP contribution in [0.4, 0.5) is 11.4 Å². The minimum absolute atomic E-state index is 0.0667. The lowest BCUT2D eigenvalue weighted by atomic mass is 9.97. The van der Waals surface area contributed by atoms with E-state index in [2.05, 4.69) is 4.72 Å². The van der Waals surface area contributed by atoms with Crippen LogP contribution in [0.5, 0.6) is 0 Å². The van der Waals surface area contributed by atoms with Gasteiger partial charge in [-0.3, -0.25) is 9.52 Å². The van der Waals surface area contributed by atoms with Gasteiger partial charge in [0.2, 0.25) is 5.91 Å². The number of rotatable bonds is 3. The second-order valence-electron chi connectivity index (χ2n) is 6.81. The van der Waals surface area contributed by atoms with Crippen LogP contribution in [0, 0.1) is 6.92 Å². The van der Waals surface area contributed by atoms with Crippen molar-refractivity contribution in [2.75, 3.05) is 16.2 Å². The fourth-order valence-electron chi connectivity index (χ4n) is 3.66. The van der Waals surface area contributed by atoms with E-state index in [9.17, 15) is 13.2 Å².